The van der Waals surface area contributed by atoms with Crippen molar-refractivity contribution in [3.8, 4) is 10.6 Å². The van der Waals surface area contributed by atoms with Gasteiger partial charge in [0.1, 0.15) is 10.5 Å². The Hall–Kier alpha value is -1.32. The van der Waals surface area contributed by atoms with E-state index in [9.17, 15) is 20.1 Å². The number of hydrogen-bond donors (Lipinski definition) is 4. The summed E-state index contributed by atoms with van der Waals surface area (Å²) >= 11 is 3.03. The molecule has 2 heterocycles. The van der Waals surface area contributed by atoms with Gasteiger partial charge in [0.15, 0.2) is 0 Å². The molecule has 2 aromatic heterocycles. The van der Waals surface area contributed by atoms with Gasteiger partial charge in [0, 0.05) is 16.3 Å². The van der Waals surface area contributed by atoms with Crippen molar-refractivity contribution >= 4 is 28.6 Å². The van der Waals surface area contributed by atoms with E-state index in [1.54, 1.807) is 16.7 Å². The first-order chi connectivity index (χ1) is 10.1. The Kier molecular flexibility index (Phi) is 5.43. The number of carbonyl (C=O) groups is 1. The minimum absolute atomic E-state index is 0.0301. The third-order valence-corrected chi connectivity index (χ3v) is 4.60. The summed E-state index contributed by atoms with van der Waals surface area (Å²) in [7, 11) is 0. The number of aliphatic hydroxyl groups is 3. The van der Waals surface area contributed by atoms with E-state index in [0.29, 0.717) is 5.69 Å². The molecule has 0 aliphatic rings. The molecule has 0 bridgehead atoms. The van der Waals surface area contributed by atoms with Crippen molar-refractivity contribution in [1.82, 2.24) is 10.3 Å². The molecule has 0 aliphatic carbocycles. The molecule has 8 heteroatoms. The standard InChI is InChI=1S/C13H16N2O4S2/c16-6-13(7-17,8-18)15-11(19)3-10-5-21-12(14-10)9-1-2-20-4-9/h1-2,4-5,16-18H,3,6-8H2,(H,15,19). The lowest BCUT2D eigenvalue weighted by atomic mass is 10.0. The zero-order valence-electron chi connectivity index (χ0n) is 11.2. The van der Waals surface area contributed by atoms with E-state index in [2.05, 4.69) is 10.3 Å². The van der Waals surface area contributed by atoms with Gasteiger partial charge in [-0.1, -0.05) is 0 Å². The summed E-state index contributed by atoms with van der Waals surface area (Å²) in [5.74, 6) is -0.408. The largest absolute Gasteiger partial charge is 0.394 e. The first-order valence-electron chi connectivity index (χ1n) is 6.23. The van der Waals surface area contributed by atoms with Crippen LogP contribution < -0.4 is 5.32 Å². The Bertz CT molecular complexity index is 571. The molecule has 0 saturated heterocycles. The molecule has 21 heavy (non-hydrogen) atoms. The molecule has 2 rings (SSSR count). The van der Waals surface area contributed by atoms with Crippen LogP contribution in [0.25, 0.3) is 10.6 Å². The zero-order valence-corrected chi connectivity index (χ0v) is 12.8. The van der Waals surface area contributed by atoms with Gasteiger partial charge in [-0.15, -0.1) is 11.3 Å². The van der Waals surface area contributed by atoms with Gasteiger partial charge in [0.05, 0.1) is 31.9 Å². The van der Waals surface area contributed by atoms with E-state index in [-0.39, 0.29) is 6.42 Å². The van der Waals surface area contributed by atoms with E-state index in [1.807, 2.05) is 16.8 Å². The Balaban J connectivity index is 2.00. The first kappa shape index (κ1) is 16.1. The van der Waals surface area contributed by atoms with E-state index in [0.717, 1.165) is 10.6 Å². The van der Waals surface area contributed by atoms with Gasteiger partial charge >= 0.3 is 0 Å². The number of aromatic nitrogens is 1. The lowest BCUT2D eigenvalue weighted by Gasteiger charge is -2.28. The van der Waals surface area contributed by atoms with Crippen LogP contribution in [0.2, 0.25) is 0 Å². The first-order valence-corrected chi connectivity index (χ1v) is 8.05. The van der Waals surface area contributed by atoms with Crippen molar-refractivity contribution in [2.45, 2.75) is 12.0 Å². The van der Waals surface area contributed by atoms with Gasteiger partial charge in [-0.2, -0.15) is 11.3 Å². The lowest BCUT2D eigenvalue weighted by Crippen LogP contribution is -2.57. The van der Waals surface area contributed by atoms with Gasteiger partial charge in [-0.25, -0.2) is 4.98 Å². The van der Waals surface area contributed by atoms with Crippen LogP contribution in [0, 0.1) is 0 Å². The van der Waals surface area contributed by atoms with Crippen LogP contribution in [0.15, 0.2) is 22.2 Å². The molecule has 0 fully saturated rings. The fourth-order valence-corrected chi connectivity index (χ4v) is 3.21. The number of nitrogens with zero attached hydrogens (tertiary/aromatic N) is 1. The molecule has 114 valence electrons. The second-order valence-electron chi connectivity index (χ2n) is 4.64. The van der Waals surface area contributed by atoms with Crippen LogP contribution in [-0.2, 0) is 11.2 Å². The zero-order chi connectivity index (χ0) is 15.3. The second kappa shape index (κ2) is 7.10. The molecule has 0 aromatic carbocycles. The van der Waals surface area contributed by atoms with Crippen molar-refractivity contribution < 1.29 is 20.1 Å². The molecule has 0 atom stereocenters. The summed E-state index contributed by atoms with van der Waals surface area (Å²) in [6.07, 6.45) is 0.0301. The smallest absolute Gasteiger partial charge is 0.226 e. The third-order valence-electron chi connectivity index (χ3n) is 2.97. The van der Waals surface area contributed by atoms with Crippen molar-refractivity contribution in [1.29, 1.82) is 0 Å². The average molecular weight is 328 g/mol. The van der Waals surface area contributed by atoms with E-state index >= 15 is 0 Å². The van der Waals surface area contributed by atoms with Crippen molar-refractivity contribution in [3.05, 3.63) is 27.9 Å². The molecule has 0 aliphatic heterocycles. The predicted molar refractivity (Wildman–Crippen MR) is 81.3 cm³/mol. The molecule has 2 aromatic rings. The highest BCUT2D eigenvalue weighted by Crippen LogP contribution is 2.25. The Morgan fingerprint density at radius 2 is 1.95 bits per heavy atom. The van der Waals surface area contributed by atoms with Crippen molar-refractivity contribution in [3.63, 3.8) is 0 Å². The summed E-state index contributed by atoms with van der Waals surface area (Å²) in [5, 5.41) is 36.6. The number of rotatable bonds is 7. The molecule has 0 radical (unpaired) electrons. The molecule has 0 spiro atoms. The predicted octanol–water partition coefficient (Wildman–Crippen LogP) is 0.246. The minimum atomic E-state index is -1.40. The molecule has 0 saturated carbocycles. The maximum Gasteiger partial charge on any atom is 0.226 e. The molecular formula is C13H16N2O4S2. The van der Waals surface area contributed by atoms with Crippen LogP contribution in [-0.4, -0.2) is 51.6 Å². The van der Waals surface area contributed by atoms with Gasteiger partial charge in [-0.05, 0) is 11.4 Å². The van der Waals surface area contributed by atoms with E-state index in [1.165, 1.54) is 11.3 Å². The van der Waals surface area contributed by atoms with E-state index in [4.69, 9.17) is 0 Å². The number of aliphatic hydroxyl groups excluding tert-OH is 3. The third kappa shape index (κ3) is 3.86. The molecule has 1 amide bonds. The lowest BCUT2D eigenvalue weighted by molar-refractivity contribution is -0.124. The SMILES string of the molecule is O=C(Cc1csc(-c2ccsc2)n1)NC(CO)(CO)CO. The maximum atomic E-state index is 11.9. The average Bonchev–Trinajstić information content (AvgIpc) is 3.15. The molecule has 6 nitrogen and oxygen atoms in total. The monoisotopic (exact) mass is 328 g/mol. The maximum absolute atomic E-state index is 11.9. The van der Waals surface area contributed by atoms with E-state index < -0.39 is 31.3 Å². The Labute approximate surface area is 129 Å². The van der Waals surface area contributed by atoms with Crippen LogP contribution in [0.3, 0.4) is 0 Å². The van der Waals surface area contributed by atoms with Crippen molar-refractivity contribution in [2.75, 3.05) is 19.8 Å². The molecule has 0 unspecified atom stereocenters. The number of carbonyl (C=O) groups excluding carboxylic acids is 1. The highest BCUT2D eigenvalue weighted by molar-refractivity contribution is 7.14. The normalized spacial score (nSPS) is 11.6. The summed E-state index contributed by atoms with van der Waals surface area (Å²) in [6, 6.07) is 1.96. The highest BCUT2D eigenvalue weighted by atomic mass is 32.1. The highest BCUT2D eigenvalue weighted by Gasteiger charge is 2.30. The fraction of sp³-hybridized carbons (Fsp3) is 0.385. The van der Waals surface area contributed by atoms with Gasteiger partial charge in [-0.3, -0.25) is 4.79 Å². The summed E-state index contributed by atoms with van der Waals surface area (Å²) in [4.78, 5) is 16.3. The Morgan fingerprint density at radius 3 is 2.52 bits per heavy atom. The number of thiazole rings is 1. The van der Waals surface area contributed by atoms with Gasteiger partial charge < -0.3 is 20.6 Å². The van der Waals surface area contributed by atoms with Crippen LogP contribution in [0.4, 0.5) is 0 Å². The Morgan fingerprint density at radius 1 is 1.24 bits per heavy atom. The fourth-order valence-electron chi connectivity index (χ4n) is 1.68. The number of amides is 1. The van der Waals surface area contributed by atoms with Crippen LogP contribution in [0.1, 0.15) is 5.69 Å². The number of hydrogen-bond acceptors (Lipinski definition) is 7. The summed E-state index contributed by atoms with van der Waals surface area (Å²) in [6.45, 7) is -1.62. The van der Waals surface area contributed by atoms with Crippen molar-refractivity contribution in [2.24, 2.45) is 0 Å². The second-order valence-corrected chi connectivity index (χ2v) is 6.27. The summed E-state index contributed by atoms with van der Waals surface area (Å²) < 4.78 is 0. The van der Waals surface area contributed by atoms with Gasteiger partial charge in [0.2, 0.25) is 5.91 Å². The number of thiophene rings is 1. The quantitative estimate of drug-likeness (QED) is 0.583. The molecule has 4 N–H and O–H groups in total. The van der Waals surface area contributed by atoms with Crippen LogP contribution >= 0.6 is 22.7 Å². The van der Waals surface area contributed by atoms with Crippen LogP contribution in [0.5, 0.6) is 0 Å². The summed E-state index contributed by atoms with van der Waals surface area (Å²) in [5.41, 5.74) is 0.233. The topological polar surface area (TPSA) is 103 Å². The van der Waals surface area contributed by atoms with Gasteiger partial charge in [0.25, 0.3) is 0 Å². The number of nitrogens with one attached hydrogen (secondary N) is 1. The minimum Gasteiger partial charge on any atom is -0.394 e. The molecular weight excluding hydrogens is 312 g/mol.